The number of thioether (sulfide) groups is 1. The lowest BCUT2D eigenvalue weighted by molar-refractivity contribution is -0.123. The number of aliphatic hydroxyl groups is 1. The summed E-state index contributed by atoms with van der Waals surface area (Å²) in [5.74, 6) is -0.471. The van der Waals surface area contributed by atoms with Gasteiger partial charge in [0.05, 0.1) is 11.5 Å². The lowest BCUT2D eigenvalue weighted by Gasteiger charge is -2.23. The lowest BCUT2D eigenvalue weighted by atomic mass is 10.00. The van der Waals surface area contributed by atoms with Crippen LogP contribution in [0.5, 0.6) is 0 Å². The summed E-state index contributed by atoms with van der Waals surface area (Å²) in [4.78, 5) is 12.0. The third-order valence-corrected chi connectivity index (χ3v) is 3.75. The molecule has 1 aromatic rings. The Kier molecular flexibility index (Phi) is 5.82. The molecule has 0 aromatic heterocycles. The summed E-state index contributed by atoms with van der Waals surface area (Å²) in [6.07, 6.45) is 1.89. The van der Waals surface area contributed by atoms with Gasteiger partial charge in [-0.2, -0.15) is 11.8 Å². The van der Waals surface area contributed by atoms with Crippen molar-refractivity contribution >= 4 is 17.7 Å². The number of hydrogen-bond donors (Lipinski definition) is 2. The molecule has 2 atom stereocenters. The summed E-state index contributed by atoms with van der Waals surface area (Å²) in [6.45, 7) is 3.58. The molecule has 0 aliphatic rings. The summed E-state index contributed by atoms with van der Waals surface area (Å²) in [6, 6.07) is 5.99. The maximum absolute atomic E-state index is 13.1. The van der Waals surface area contributed by atoms with Gasteiger partial charge in [-0.1, -0.05) is 12.1 Å². The highest BCUT2D eigenvalue weighted by atomic mass is 32.2. The average Bonchev–Trinajstić information content (AvgIpc) is 2.35. The van der Waals surface area contributed by atoms with Crippen LogP contribution in [0, 0.1) is 5.82 Å². The number of carbonyl (C=O) groups is 1. The Morgan fingerprint density at radius 2 is 2.26 bits per heavy atom. The van der Waals surface area contributed by atoms with E-state index >= 15 is 0 Å². The molecule has 0 radical (unpaired) electrons. The van der Waals surface area contributed by atoms with Crippen molar-refractivity contribution in [1.82, 2.24) is 5.32 Å². The average molecular weight is 285 g/mol. The predicted molar refractivity (Wildman–Crippen MR) is 76.8 cm³/mol. The smallest absolute Gasteiger partial charge is 0.227 e. The fourth-order valence-electron chi connectivity index (χ4n) is 1.72. The molecule has 3 nitrogen and oxygen atoms in total. The van der Waals surface area contributed by atoms with E-state index in [2.05, 4.69) is 5.32 Å². The van der Waals surface area contributed by atoms with E-state index in [1.54, 1.807) is 26.0 Å². The van der Waals surface area contributed by atoms with Crippen molar-refractivity contribution in [2.45, 2.75) is 25.4 Å². The number of hydrogen-bond acceptors (Lipinski definition) is 3. The van der Waals surface area contributed by atoms with Gasteiger partial charge in [0, 0.05) is 12.3 Å². The quantitative estimate of drug-likeness (QED) is 0.842. The first-order valence-corrected chi connectivity index (χ1v) is 7.49. The number of halogens is 1. The van der Waals surface area contributed by atoms with Gasteiger partial charge in [-0.05, 0) is 37.8 Å². The number of amides is 1. The van der Waals surface area contributed by atoms with E-state index in [1.807, 2.05) is 6.26 Å². The molecule has 0 bridgehead atoms. The molecule has 5 heteroatoms. The SMILES string of the molecule is CSCC(C)(O)CNC(=O)C(C)c1cccc(F)c1. The molecule has 0 saturated carbocycles. The highest BCUT2D eigenvalue weighted by Crippen LogP contribution is 2.17. The van der Waals surface area contributed by atoms with Crippen LogP contribution >= 0.6 is 11.8 Å². The van der Waals surface area contributed by atoms with Gasteiger partial charge in [0.15, 0.2) is 0 Å². The van der Waals surface area contributed by atoms with Gasteiger partial charge in [-0.25, -0.2) is 4.39 Å². The van der Waals surface area contributed by atoms with E-state index in [4.69, 9.17) is 0 Å². The summed E-state index contributed by atoms with van der Waals surface area (Å²) in [5.41, 5.74) is -0.307. The molecule has 106 valence electrons. The fourth-order valence-corrected chi connectivity index (χ4v) is 2.44. The highest BCUT2D eigenvalue weighted by Gasteiger charge is 2.22. The van der Waals surface area contributed by atoms with E-state index < -0.39 is 11.5 Å². The van der Waals surface area contributed by atoms with Crippen LogP contribution in [-0.4, -0.2) is 35.2 Å². The minimum atomic E-state index is -0.934. The van der Waals surface area contributed by atoms with E-state index in [0.29, 0.717) is 11.3 Å². The van der Waals surface area contributed by atoms with Crippen molar-refractivity contribution in [3.63, 3.8) is 0 Å². The molecule has 1 amide bonds. The van der Waals surface area contributed by atoms with Gasteiger partial charge in [0.2, 0.25) is 5.91 Å². The van der Waals surface area contributed by atoms with E-state index in [9.17, 15) is 14.3 Å². The molecule has 2 N–H and O–H groups in total. The molecular weight excluding hydrogens is 265 g/mol. The minimum absolute atomic E-state index is 0.187. The van der Waals surface area contributed by atoms with Crippen molar-refractivity contribution in [2.24, 2.45) is 0 Å². The Morgan fingerprint density at radius 1 is 1.58 bits per heavy atom. The standard InChI is InChI=1S/C14H20FNO2S/c1-10(11-5-4-6-12(15)7-11)13(17)16-8-14(2,18)9-19-3/h4-7,10,18H,8-9H2,1-3H3,(H,16,17). The Bertz CT molecular complexity index is 437. The minimum Gasteiger partial charge on any atom is -0.387 e. The first-order chi connectivity index (χ1) is 8.85. The van der Waals surface area contributed by atoms with Crippen LogP contribution < -0.4 is 5.32 Å². The van der Waals surface area contributed by atoms with Gasteiger partial charge >= 0.3 is 0 Å². The zero-order valence-corrected chi connectivity index (χ0v) is 12.3. The van der Waals surface area contributed by atoms with Crippen molar-refractivity contribution in [2.75, 3.05) is 18.6 Å². The van der Waals surface area contributed by atoms with E-state index in [0.717, 1.165) is 0 Å². The molecule has 1 aromatic carbocycles. The second kappa shape index (κ2) is 6.91. The zero-order chi connectivity index (χ0) is 14.5. The Balaban J connectivity index is 2.59. The first kappa shape index (κ1) is 16.0. The molecule has 0 aliphatic carbocycles. The maximum Gasteiger partial charge on any atom is 0.227 e. The molecular formula is C14H20FNO2S. The van der Waals surface area contributed by atoms with Gasteiger partial charge in [0.1, 0.15) is 5.82 Å². The predicted octanol–water partition coefficient (Wildman–Crippen LogP) is 2.16. The Labute approximate surface area is 117 Å². The van der Waals surface area contributed by atoms with Crippen LogP contribution in [0.1, 0.15) is 25.3 Å². The maximum atomic E-state index is 13.1. The van der Waals surface area contributed by atoms with Crippen LogP contribution in [0.25, 0.3) is 0 Å². The van der Waals surface area contributed by atoms with Crippen LogP contribution in [0.3, 0.4) is 0 Å². The molecule has 1 rings (SSSR count). The molecule has 0 aliphatic heterocycles. The van der Waals surface area contributed by atoms with E-state index in [-0.39, 0.29) is 18.3 Å². The molecule has 0 saturated heterocycles. The van der Waals surface area contributed by atoms with Crippen molar-refractivity contribution < 1.29 is 14.3 Å². The van der Waals surface area contributed by atoms with Crippen LogP contribution in [0.2, 0.25) is 0 Å². The summed E-state index contributed by atoms with van der Waals surface area (Å²) >= 11 is 1.52. The molecule has 2 unspecified atom stereocenters. The lowest BCUT2D eigenvalue weighted by Crippen LogP contribution is -2.43. The second-order valence-electron chi connectivity index (χ2n) is 4.92. The molecule has 0 spiro atoms. The normalized spacial score (nSPS) is 15.6. The van der Waals surface area contributed by atoms with Crippen molar-refractivity contribution in [1.29, 1.82) is 0 Å². The van der Waals surface area contributed by atoms with Gasteiger partial charge in [-0.3, -0.25) is 4.79 Å². The third-order valence-electron chi connectivity index (χ3n) is 2.84. The second-order valence-corrected chi connectivity index (χ2v) is 5.79. The van der Waals surface area contributed by atoms with Crippen molar-refractivity contribution in [3.8, 4) is 0 Å². The fraction of sp³-hybridized carbons (Fsp3) is 0.500. The van der Waals surface area contributed by atoms with Gasteiger partial charge in [-0.15, -0.1) is 0 Å². The van der Waals surface area contributed by atoms with Crippen LogP contribution in [-0.2, 0) is 4.79 Å². The van der Waals surface area contributed by atoms with Crippen LogP contribution in [0.15, 0.2) is 24.3 Å². The Hall–Kier alpha value is -1.07. The number of rotatable bonds is 6. The number of carbonyl (C=O) groups excluding carboxylic acids is 1. The summed E-state index contributed by atoms with van der Waals surface area (Å²) in [7, 11) is 0. The number of benzene rings is 1. The van der Waals surface area contributed by atoms with Gasteiger partial charge in [0.25, 0.3) is 0 Å². The highest BCUT2D eigenvalue weighted by molar-refractivity contribution is 7.98. The molecule has 0 heterocycles. The van der Waals surface area contributed by atoms with E-state index in [1.165, 1.54) is 23.9 Å². The summed E-state index contributed by atoms with van der Waals surface area (Å²) < 4.78 is 13.1. The first-order valence-electron chi connectivity index (χ1n) is 6.10. The molecule has 0 fully saturated rings. The zero-order valence-electron chi connectivity index (χ0n) is 11.4. The van der Waals surface area contributed by atoms with Gasteiger partial charge < -0.3 is 10.4 Å². The third kappa shape index (κ3) is 5.20. The van der Waals surface area contributed by atoms with Crippen LogP contribution in [0.4, 0.5) is 4.39 Å². The monoisotopic (exact) mass is 285 g/mol. The summed E-state index contributed by atoms with van der Waals surface area (Å²) in [5, 5.41) is 12.7. The topological polar surface area (TPSA) is 49.3 Å². The van der Waals surface area contributed by atoms with Crippen molar-refractivity contribution in [3.05, 3.63) is 35.6 Å². The largest absolute Gasteiger partial charge is 0.387 e. The Morgan fingerprint density at radius 3 is 2.84 bits per heavy atom. The molecule has 19 heavy (non-hydrogen) atoms. The number of nitrogens with one attached hydrogen (secondary N) is 1.